The number of quaternary nitrogens is 1. The van der Waals surface area contributed by atoms with Crippen LogP contribution in [-0.4, -0.2) is 24.0 Å². The van der Waals surface area contributed by atoms with Crippen LogP contribution in [0.2, 0.25) is 0 Å². The first-order valence-corrected chi connectivity index (χ1v) is 9.16. The van der Waals surface area contributed by atoms with E-state index in [1.165, 1.54) is 55.7 Å². The summed E-state index contributed by atoms with van der Waals surface area (Å²) in [5.74, 6) is -1.08. The Morgan fingerprint density at radius 1 is 1.22 bits per heavy atom. The van der Waals surface area contributed by atoms with Gasteiger partial charge < -0.3 is 14.8 Å². The molecule has 1 fully saturated rings. The highest BCUT2D eigenvalue weighted by atomic mass is 32.1. The largest absolute Gasteiger partial charge is 0.550 e. The van der Waals surface area contributed by atoms with Crippen LogP contribution in [0.4, 0.5) is 0 Å². The molecule has 1 aromatic carbocycles. The molecule has 1 N–H and O–H groups in total. The number of carbonyl (C=O) groups excluding carboxylic acids is 1. The second-order valence-electron chi connectivity index (χ2n) is 6.23. The van der Waals surface area contributed by atoms with Crippen LogP contribution in [0.25, 0.3) is 10.6 Å². The molecule has 0 unspecified atom stereocenters. The number of nitrogens with one attached hydrogen (secondary N) is 1. The second-order valence-corrected chi connectivity index (χ2v) is 7.09. The molecule has 1 saturated heterocycles. The topological polar surface area (TPSA) is 57.5 Å². The number of carbonyl (C=O) groups is 1. The van der Waals surface area contributed by atoms with Gasteiger partial charge in [-0.25, -0.2) is 4.98 Å². The van der Waals surface area contributed by atoms with Crippen molar-refractivity contribution in [2.24, 2.45) is 0 Å². The zero-order chi connectivity index (χ0) is 16.1. The SMILES string of the molecule is O=C([O-])Cc1csc(-c2cccc(C[NH+]3CCCCCC3)c2)n1. The van der Waals surface area contributed by atoms with E-state index in [9.17, 15) is 9.90 Å². The maximum Gasteiger partial charge on any atom is 0.123 e. The van der Waals surface area contributed by atoms with Crippen LogP contribution in [-0.2, 0) is 17.8 Å². The average Bonchev–Trinajstić information content (AvgIpc) is 2.83. The number of hydrogen-bond donors (Lipinski definition) is 1. The summed E-state index contributed by atoms with van der Waals surface area (Å²) >= 11 is 1.49. The van der Waals surface area contributed by atoms with Crippen molar-refractivity contribution in [1.82, 2.24) is 4.98 Å². The molecular formula is C18H22N2O2S. The van der Waals surface area contributed by atoms with Gasteiger partial charge in [0.25, 0.3) is 0 Å². The predicted octanol–water partition coefficient (Wildman–Crippen LogP) is 1.06. The Bertz CT molecular complexity index is 661. The number of thiazole rings is 1. The number of aliphatic carboxylic acids is 1. The smallest absolute Gasteiger partial charge is 0.123 e. The minimum Gasteiger partial charge on any atom is -0.550 e. The van der Waals surface area contributed by atoms with Crippen molar-refractivity contribution in [2.75, 3.05) is 13.1 Å². The summed E-state index contributed by atoms with van der Waals surface area (Å²) in [6, 6.07) is 8.49. The third-order valence-corrected chi connectivity index (χ3v) is 5.26. The van der Waals surface area contributed by atoms with Gasteiger partial charge in [-0.1, -0.05) is 18.2 Å². The van der Waals surface area contributed by atoms with Crippen LogP contribution in [0, 0.1) is 0 Å². The molecule has 1 aromatic heterocycles. The number of carboxylic acids is 1. The third-order valence-electron chi connectivity index (χ3n) is 4.32. The van der Waals surface area contributed by atoms with Gasteiger partial charge in [-0.05, 0) is 31.7 Å². The zero-order valence-corrected chi connectivity index (χ0v) is 14.0. The second kappa shape index (κ2) is 7.70. The Balaban J connectivity index is 1.71. The number of carboxylic acid groups (broad SMARTS) is 1. The van der Waals surface area contributed by atoms with Gasteiger partial charge in [-0.15, -0.1) is 11.3 Å². The van der Waals surface area contributed by atoms with Gasteiger partial charge in [0.1, 0.15) is 11.6 Å². The quantitative estimate of drug-likeness (QED) is 0.892. The first-order chi connectivity index (χ1) is 11.2. The molecule has 23 heavy (non-hydrogen) atoms. The van der Waals surface area contributed by atoms with Crippen molar-refractivity contribution >= 4 is 17.3 Å². The van der Waals surface area contributed by atoms with Crippen LogP contribution < -0.4 is 10.0 Å². The highest BCUT2D eigenvalue weighted by molar-refractivity contribution is 7.13. The number of likely N-dealkylation sites (tertiary alicyclic amines) is 1. The van der Waals surface area contributed by atoms with E-state index in [0.29, 0.717) is 5.69 Å². The fourth-order valence-electron chi connectivity index (χ4n) is 3.18. The summed E-state index contributed by atoms with van der Waals surface area (Å²) in [5, 5.41) is 13.4. The van der Waals surface area contributed by atoms with Gasteiger partial charge in [0.05, 0.1) is 18.8 Å². The molecule has 2 heterocycles. The summed E-state index contributed by atoms with van der Waals surface area (Å²) < 4.78 is 0. The van der Waals surface area contributed by atoms with E-state index in [-0.39, 0.29) is 6.42 Å². The van der Waals surface area contributed by atoms with Gasteiger partial charge >= 0.3 is 0 Å². The Morgan fingerprint density at radius 2 is 2.00 bits per heavy atom. The Hall–Kier alpha value is -1.72. The van der Waals surface area contributed by atoms with E-state index in [2.05, 4.69) is 23.2 Å². The van der Waals surface area contributed by atoms with E-state index in [4.69, 9.17) is 0 Å². The molecule has 0 aliphatic carbocycles. The fourth-order valence-corrected chi connectivity index (χ4v) is 3.99. The van der Waals surface area contributed by atoms with Crippen LogP contribution in [0.15, 0.2) is 29.6 Å². The molecular weight excluding hydrogens is 308 g/mol. The molecule has 0 amide bonds. The lowest BCUT2D eigenvalue weighted by molar-refractivity contribution is -0.913. The molecule has 3 rings (SSSR count). The maximum absolute atomic E-state index is 10.7. The normalized spacial score (nSPS) is 16.2. The van der Waals surface area contributed by atoms with Crippen molar-refractivity contribution in [1.29, 1.82) is 0 Å². The van der Waals surface area contributed by atoms with Crippen molar-refractivity contribution < 1.29 is 14.8 Å². The molecule has 0 atom stereocenters. The molecule has 0 spiro atoms. The predicted molar refractivity (Wildman–Crippen MR) is 89.1 cm³/mol. The molecule has 1 aliphatic heterocycles. The van der Waals surface area contributed by atoms with E-state index in [0.717, 1.165) is 17.1 Å². The van der Waals surface area contributed by atoms with Crippen LogP contribution in [0.1, 0.15) is 36.9 Å². The summed E-state index contributed by atoms with van der Waals surface area (Å²) in [6.45, 7) is 3.58. The van der Waals surface area contributed by atoms with Crippen molar-refractivity contribution in [3.05, 3.63) is 40.9 Å². The first-order valence-electron chi connectivity index (χ1n) is 8.28. The summed E-state index contributed by atoms with van der Waals surface area (Å²) in [5.41, 5.74) is 2.98. The van der Waals surface area contributed by atoms with Crippen LogP contribution in [0.3, 0.4) is 0 Å². The lowest BCUT2D eigenvalue weighted by atomic mass is 10.1. The van der Waals surface area contributed by atoms with Gasteiger partial charge in [0.15, 0.2) is 0 Å². The average molecular weight is 330 g/mol. The molecule has 122 valence electrons. The number of benzene rings is 1. The summed E-state index contributed by atoms with van der Waals surface area (Å²) in [7, 11) is 0. The molecule has 5 heteroatoms. The standard InChI is InChI=1S/C18H22N2O2S/c21-17(22)11-16-13-23-18(19-16)15-7-5-6-14(10-15)12-20-8-3-1-2-4-9-20/h5-7,10,13H,1-4,8-9,11-12H2,(H,21,22). The van der Waals surface area contributed by atoms with E-state index >= 15 is 0 Å². The molecule has 0 saturated carbocycles. The third kappa shape index (κ3) is 4.62. The number of nitrogens with zero attached hydrogens (tertiary/aromatic N) is 1. The highest BCUT2D eigenvalue weighted by Crippen LogP contribution is 2.24. The van der Waals surface area contributed by atoms with Crippen LogP contribution >= 0.6 is 11.3 Å². The number of aromatic nitrogens is 1. The van der Waals surface area contributed by atoms with Crippen molar-refractivity contribution in [2.45, 2.75) is 38.6 Å². The highest BCUT2D eigenvalue weighted by Gasteiger charge is 2.13. The van der Waals surface area contributed by atoms with Gasteiger partial charge in [-0.3, -0.25) is 0 Å². The van der Waals surface area contributed by atoms with E-state index < -0.39 is 5.97 Å². The van der Waals surface area contributed by atoms with Crippen molar-refractivity contribution in [3.63, 3.8) is 0 Å². The van der Waals surface area contributed by atoms with E-state index in [1.807, 2.05) is 6.07 Å². The van der Waals surface area contributed by atoms with Crippen LogP contribution in [0.5, 0.6) is 0 Å². The molecule has 0 bridgehead atoms. The van der Waals surface area contributed by atoms with Crippen molar-refractivity contribution in [3.8, 4) is 10.6 Å². The zero-order valence-electron chi connectivity index (χ0n) is 13.2. The lowest BCUT2D eigenvalue weighted by Gasteiger charge is -2.17. The minimum absolute atomic E-state index is 0.117. The lowest BCUT2D eigenvalue weighted by Crippen LogP contribution is -3.10. The number of rotatable bonds is 5. The molecule has 2 aromatic rings. The van der Waals surface area contributed by atoms with Gasteiger partial charge in [0.2, 0.25) is 0 Å². The molecule has 1 aliphatic rings. The Kier molecular flexibility index (Phi) is 5.41. The summed E-state index contributed by atoms with van der Waals surface area (Å²) in [4.78, 5) is 16.7. The van der Waals surface area contributed by atoms with Gasteiger partial charge in [-0.2, -0.15) is 0 Å². The molecule has 4 nitrogen and oxygen atoms in total. The van der Waals surface area contributed by atoms with Gasteiger partial charge in [0, 0.05) is 28.9 Å². The Morgan fingerprint density at radius 3 is 2.74 bits per heavy atom. The minimum atomic E-state index is -1.08. The maximum atomic E-state index is 10.7. The van der Waals surface area contributed by atoms with E-state index in [1.54, 1.807) is 10.3 Å². The Labute approximate surface area is 140 Å². The molecule has 0 radical (unpaired) electrons. The summed E-state index contributed by atoms with van der Waals surface area (Å²) in [6.07, 6.45) is 5.27. The first kappa shape index (κ1) is 16.1. The fraction of sp³-hybridized carbons (Fsp3) is 0.444. The monoisotopic (exact) mass is 330 g/mol. The number of hydrogen-bond acceptors (Lipinski definition) is 4.